The van der Waals surface area contributed by atoms with Gasteiger partial charge in [-0.15, -0.1) is 0 Å². The van der Waals surface area contributed by atoms with Gasteiger partial charge in [0.15, 0.2) is 5.82 Å². The summed E-state index contributed by atoms with van der Waals surface area (Å²) in [4.78, 5) is 8.59. The van der Waals surface area contributed by atoms with E-state index in [-0.39, 0.29) is 0 Å². The molecule has 3 rings (SSSR count). The molecule has 0 saturated heterocycles. The van der Waals surface area contributed by atoms with Gasteiger partial charge in [0, 0.05) is 18.3 Å². The maximum atomic E-state index is 5.38. The first-order valence-electron chi connectivity index (χ1n) is 7.89. The van der Waals surface area contributed by atoms with E-state index >= 15 is 0 Å². The van der Waals surface area contributed by atoms with Crippen molar-refractivity contribution in [3.8, 4) is 11.6 Å². The lowest BCUT2D eigenvalue weighted by molar-refractivity contribution is 0.410. The summed E-state index contributed by atoms with van der Waals surface area (Å²) in [6, 6.07) is 12.0. The second kappa shape index (κ2) is 7.12. The van der Waals surface area contributed by atoms with Crippen molar-refractivity contribution in [1.29, 1.82) is 0 Å². The molecule has 124 valence electrons. The number of aryl methyl sites for hydroxylation is 2. The summed E-state index contributed by atoms with van der Waals surface area (Å²) in [6.45, 7) is 4.74. The van der Waals surface area contributed by atoms with Crippen LogP contribution in [0.3, 0.4) is 0 Å². The number of nitrogens with one attached hydrogen (secondary N) is 1. The molecule has 6 nitrogen and oxygen atoms in total. The fourth-order valence-electron chi connectivity index (χ4n) is 2.66. The number of methoxy groups -OCH3 is 1. The molecule has 0 unspecified atom stereocenters. The van der Waals surface area contributed by atoms with Crippen LogP contribution in [0.15, 0.2) is 42.7 Å². The topological polar surface area (TPSA) is 64.9 Å². The molecule has 2 heterocycles. The van der Waals surface area contributed by atoms with Gasteiger partial charge in [-0.05, 0) is 38.0 Å². The molecule has 0 amide bonds. The number of benzene rings is 1. The standard InChI is InChI=1S/C18H21N5O/c1-13-10-14(2)23(22-13)18-11-17(20-12-21-18)19-9-8-15-6-4-5-7-16(15)24-3/h4-7,10-12H,8-9H2,1-3H3,(H,19,20,21). The van der Waals surface area contributed by atoms with E-state index in [1.807, 2.05) is 48.9 Å². The SMILES string of the molecule is COc1ccccc1CCNc1cc(-n2nc(C)cc2C)ncn1. The van der Waals surface area contributed by atoms with Gasteiger partial charge < -0.3 is 10.1 Å². The van der Waals surface area contributed by atoms with Gasteiger partial charge in [-0.2, -0.15) is 5.10 Å². The quantitative estimate of drug-likeness (QED) is 0.755. The monoisotopic (exact) mass is 323 g/mol. The Hall–Kier alpha value is -2.89. The number of rotatable bonds is 6. The van der Waals surface area contributed by atoms with Crippen molar-refractivity contribution >= 4 is 5.82 Å². The van der Waals surface area contributed by atoms with Crippen LogP contribution in [0.1, 0.15) is 17.0 Å². The van der Waals surface area contributed by atoms with E-state index in [1.165, 1.54) is 5.56 Å². The highest BCUT2D eigenvalue weighted by molar-refractivity contribution is 5.41. The zero-order valence-corrected chi connectivity index (χ0v) is 14.2. The molecule has 24 heavy (non-hydrogen) atoms. The molecule has 0 spiro atoms. The number of hydrogen-bond donors (Lipinski definition) is 1. The molecular weight excluding hydrogens is 302 g/mol. The molecule has 0 aliphatic carbocycles. The minimum absolute atomic E-state index is 0.758. The van der Waals surface area contributed by atoms with Gasteiger partial charge in [-0.1, -0.05) is 18.2 Å². The Kier molecular flexibility index (Phi) is 4.74. The molecule has 0 bridgehead atoms. The van der Waals surface area contributed by atoms with Crippen molar-refractivity contribution in [3.63, 3.8) is 0 Å². The minimum atomic E-state index is 0.758. The maximum absolute atomic E-state index is 5.38. The van der Waals surface area contributed by atoms with Crippen LogP contribution in [-0.2, 0) is 6.42 Å². The summed E-state index contributed by atoms with van der Waals surface area (Å²) in [6.07, 6.45) is 2.40. The molecule has 3 aromatic rings. The number of aromatic nitrogens is 4. The lowest BCUT2D eigenvalue weighted by Gasteiger charge is -2.10. The molecule has 0 aliphatic rings. The van der Waals surface area contributed by atoms with Crippen LogP contribution < -0.4 is 10.1 Å². The summed E-state index contributed by atoms with van der Waals surface area (Å²) in [5.74, 6) is 2.45. The molecule has 1 N–H and O–H groups in total. The molecule has 0 atom stereocenters. The third-order valence-electron chi connectivity index (χ3n) is 3.77. The predicted octanol–water partition coefficient (Wildman–Crippen LogP) is 2.94. The van der Waals surface area contributed by atoms with Crippen molar-refractivity contribution in [3.05, 3.63) is 59.7 Å². The third kappa shape index (κ3) is 3.53. The lowest BCUT2D eigenvalue weighted by atomic mass is 10.1. The van der Waals surface area contributed by atoms with Crippen LogP contribution in [0.4, 0.5) is 5.82 Å². The van der Waals surface area contributed by atoms with Crippen LogP contribution in [0, 0.1) is 13.8 Å². The van der Waals surface area contributed by atoms with Gasteiger partial charge in [-0.3, -0.25) is 0 Å². The highest BCUT2D eigenvalue weighted by atomic mass is 16.5. The molecule has 0 fully saturated rings. The minimum Gasteiger partial charge on any atom is -0.496 e. The number of para-hydroxylation sites is 1. The van der Waals surface area contributed by atoms with Crippen molar-refractivity contribution in [1.82, 2.24) is 19.7 Å². The van der Waals surface area contributed by atoms with Gasteiger partial charge in [-0.25, -0.2) is 14.6 Å². The lowest BCUT2D eigenvalue weighted by Crippen LogP contribution is -2.09. The second-order valence-corrected chi connectivity index (χ2v) is 5.59. The van der Waals surface area contributed by atoms with E-state index in [1.54, 1.807) is 13.4 Å². The van der Waals surface area contributed by atoms with E-state index < -0.39 is 0 Å². The van der Waals surface area contributed by atoms with E-state index in [4.69, 9.17) is 4.74 Å². The summed E-state index contributed by atoms with van der Waals surface area (Å²) in [7, 11) is 1.69. The second-order valence-electron chi connectivity index (χ2n) is 5.59. The van der Waals surface area contributed by atoms with Gasteiger partial charge >= 0.3 is 0 Å². The van der Waals surface area contributed by atoms with Gasteiger partial charge in [0.2, 0.25) is 0 Å². The largest absolute Gasteiger partial charge is 0.496 e. The number of hydrogen-bond acceptors (Lipinski definition) is 5. The molecule has 1 aromatic carbocycles. The van der Waals surface area contributed by atoms with Crippen molar-refractivity contribution < 1.29 is 4.74 Å². The van der Waals surface area contributed by atoms with Gasteiger partial charge in [0.1, 0.15) is 17.9 Å². The van der Waals surface area contributed by atoms with Crippen molar-refractivity contribution in [2.45, 2.75) is 20.3 Å². The van der Waals surface area contributed by atoms with Crippen molar-refractivity contribution in [2.24, 2.45) is 0 Å². The average molecular weight is 323 g/mol. The summed E-state index contributed by atoms with van der Waals surface area (Å²) >= 11 is 0. The zero-order valence-electron chi connectivity index (χ0n) is 14.2. The third-order valence-corrected chi connectivity index (χ3v) is 3.77. The molecule has 0 saturated carbocycles. The summed E-state index contributed by atoms with van der Waals surface area (Å²) < 4.78 is 7.20. The Labute approximate surface area is 141 Å². The summed E-state index contributed by atoms with van der Waals surface area (Å²) in [5, 5.41) is 7.79. The van der Waals surface area contributed by atoms with Crippen LogP contribution in [0.2, 0.25) is 0 Å². The highest BCUT2D eigenvalue weighted by Gasteiger charge is 2.07. The van der Waals surface area contributed by atoms with E-state index in [9.17, 15) is 0 Å². The Morgan fingerprint density at radius 3 is 2.71 bits per heavy atom. The molecule has 0 radical (unpaired) electrons. The fraction of sp³-hybridized carbons (Fsp3) is 0.278. The van der Waals surface area contributed by atoms with Crippen LogP contribution in [-0.4, -0.2) is 33.4 Å². The van der Waals surface area contributed by atoms with E-state index in [2.05, 4.69) is 26.4 Å². The van der Waals surface area contributed by atoms with Crippen LogP contribution >= 0.6 is 0 Å². The Morgan fingerprint density at radius 2 is 1.96 bits per heavy atom. The first-order valence-corrected chi connectivity index (χ1v) is 7.89. The molecular formula is C18H21N5O. The Balaban J connectivity index is 1.68. The molecule has 6 heteroatoms. The number of nitrogens with zero attached hydrogens (tertiary/aromatic N) is 4. The molecule has 0 aliphatic heterocycles. The highest BCUT2D eigenvalue weighted by Crippen LogP contribution is 2.18. The van der Waals surface area contributed by atoms with E-state index in [0.29, 0.717) is 0 Å². The zero-order chi connectivity index (χ0) is 16.9. The molecule has 2 aromatic heterocycles. The smallest absolute Gasteiger partial charge is 0.159 e. The van der Waals surface area contributed by atoms with Crippen LogP contribution in [0.25, 0.3) is 5.82 Å². The van der Waals surface area contributed by atoms with Gasteiger partial charge in [0.25, 0.3) is 0 Å². The first-order chi connectivity index (χ1) is 11.7. The fourth-order valence-corrected chi connectivity index (χ4v) is 2.66. The summed E-state index contributed by atoms with van der Waals surface area (Å²) in [5.41, 5.74) is 3.18. The average Bonchev–Trinajstić information content (AvgIpc) is 2.94. The first kappa shape index (κ1) is 16.0. The number of ether oxygens (including phenoxy) is 1. The number of anilines is 1. The van der Waals surface area contributed by atoms with Gasteiger partial charge in [0.05, 0.1) is 12.8 Å². The predicted molar refractivity (Wildman–Crippen MR) is 93.8 cm³/mol. The van der Waals surface area contributed by atoms with Crippen molar-refractivity contribution in [2.75, 3.05) is 19.0 Å². The normalized spacial score (nSPS) is 10.6. The van der Waals surface area contributed by atoms with Crippen LogP contribution in [0.5, 0.6) is 5.75 Å². The Morgan fingerprint density at radius 1 is 1.12 bits per heavy atom. The Bertz CT molecular complexity index is 828. The van der Waals surface area contributed by atoms with E-state index in [0.717, 1.165) is 41.7 Å². The maximum Gasteiger partial charge on any atom is 0.159 e.